The van der Waals surface area contributed by atoms with Crippen LogP contribution >= 0.6 is 0 Å². The number of hydrogen-bond acceptors (Lipinski definition) is 3. The summed E-state index contributed by atoms with van der Waals surface area (Å²) >= 11 is 0. The number of nitrogens with one attached hydrogen (secondary N) is 1. The van der Waals surface area contributed by atoms with Gasteiger partial charge in [-0.1, -0.05) is 65.8 Å². The van der Waals surface area contributed by atoms with E-state index in [4.69, 9.17) is 4.52 Å². The number of aryl methyl sites for hydroxylation is 1. The maximum atomic E-state index is 5.56. The third kappa shape index (κ3) is 3.00. The van der Waals surface area contributed by atoms with Crippen LogP contribution in [0.1, 0.15) is 34.7 Å². The molecule has 1 unspecified atom stereocenters. The largest absolute Gasteiger partial charge is 0.350 e. The van der Waals surface area contributed by atoms with Crippen LogP contribution in [-0.4, -0.2) is 5.16 Å². The maximum Gasteiger partial charge on any atom is 0.228 e. The summed E-state index contributed by atoms with van der Waals surface area (Å²) in [5.41, 5.74) is 5.02. The highest BCUT2D eigenvalue weighted by atomic mass is 16.5. The van der Waals surface area contributed by atoms with Gasteiger partial charge in [0.25, 0.3) is 0 Å². The highest BCUT2D eigenvalue weighted by molar-refractivity contribution is 5.47. The Bertz CT molecular complexity index is 765. The van der Waals surface area contributed by atoms with E-state index in [9.17, 15) is 0 Å². The van der Waals surface area contributed by atoms with Crippen LogP contribution in [0.4, 0.5) is 5.88 Å². The molecule has 0 amide bonds. The van der Waals surface area contributed by atoms with Gasteiger partial charge in [-0.15, -0.1) is 0 Å². The van der Waals surface area contributed by atoms with Crippen LogP contribution < -0.4 is 5.32 Å². The van der Waals surface area contributed by atoms with E-state index in [2.05, 4.69) is 65.1 Å². The van der Waals surface area contributed by atoms with Crippen LogP contribution in [0.25, 0.3) is 0 Å². The first-order chi connectivity index (χ1) is 11.4. The summed E-state index contributed by atoms with van der Waals surface area (Å²) in [4.78, 5) is 0. The van der Waals surface area contributed by atoms with E-state index in [0.29, 0.717) is 5.92 Å². The maximum absolute atomic E-state index is 5.56. The Morgan fingerprint density at radius 1 is 1.00 bits per heavy atom. The van der Waals surface area contributed by atoms with Crippen LogP contribution in [0.15, 0.2) is 65.2 Å². The van der Waals surface area contributed by atoms with Gasteiger partial charge in [-0.05, 0) is 36.3 Å². The Morgan fingerprint density at radius 2 is 1.74 bits per heavy atom. The molecule has 0 saturated carbocycles. The van der Waals surface area contributed by atoms with E-state index in [1.807, 2.05) is 6.07 Å². The molecular weight excluding hydrogens is 284 g/mol. The second-order valence-electron chi connectivity index (χ2n) is 6.13. The molecule has 0 aliphatic heterocycles. The molecular formula is C20H20N2O. The lowest BCUT2D eigenvalue weighted by Gasteiger charge is -2.21. The first kappa shape index (κ1) is 14.1. The lowest BCUT2D eigenvalue weighted by molar-refractivity contribution is 0.422. The molecule has 3 nitrogen and oxygen atoms in total. The van der Waals surface area contributed by atoms with Gasteiger partial charge in [0, 0.05) is 12.1 Å². The zero-order valence-electron chi connectivity index (χ0n) is 13.0. The van der Waals surface area contributed by atoms with Crippen LogP contribution in [-0.2, 0) is 19.4 Å². The van der Waals surface area contributed by atoms with E-state index in [-0.39, 0.29) is 0 Å². The van der Waals surface area contributed by atoms with Crippen LogP contribution in [0.2, 0.25) is 0 Å². The quantitative estimate of drug-likeness (QED) is 0.768. The molecule has 116 valence electrons. The minimum Gasteiger partial charge on any atom is -0.350 e. The monoisotopic (exact) mass is 304 g/mol. The Morgan fingerprint density at radius 3 is 2.52 bits per heavy atom. The number of aromatic nitrogens is 1. The minimum atomic E-state index is 0.556. The minimum absolute atomic E-state index is 0.556. The molecule has 0 bridgehead atoms. The van der Waals surface area contributed by atoms with Gasteiger partial charge in [0.05, 0.1) is 5.69 Å². The van der Waals surface area contributed by atoms with Gasteiger partial charge in [0.1, 0.15) is 0 Å². The first-order valence-electron chi connectivity index (χ1n) is 8.20. The second kappa shape index (κ2) is 6.29. The molecule has 2 aromatic carbocycles. The average molecular weight is 304 g/mol. The molecule has 1 aromatic heterocycles. The number of hydrogen-bond donors (Lipinski definition) is 1. The summed E-state index contributed by atoms with van der Waals surface area (Å²) in [6, 6.07) is 21.1. The predicted octanol–water partition coefficient (Wildman–Crippen LogP) is 4.56. The van der Waals surface area contributed by atoms with E-state index < -0.39 is 0 Å². The third-order valence-electron chi connectivity index (χ3n) is 4.62. The molecule has 1 aliphatic carbocycles. The zero-order valence-corrected chi connectivity index (χ0v) is 13.0. The number of fused-ring (bicyclic) bond motifs is 1. The number of rotatable bonds is 4. The van der Waals surface area contributed by atoms with E-state index in [1.54, 1.807) is 0 Å². The molecule has 0 saturated heterocycles. The van der Waals surface area contributed by atoms with Crippen molar-refractivity contribution >= 4 is 5.88 Å². The molecule has 3 aromatic rings. The summed E-state index contributed by atoms with van der Waals surface area (Å²) < 4.78 is 5.56. The van der Waals surface area contributed by atoms with Crippen molar-refractivity contribution < 1.29 is 4.52 Å². The Hall–Kier alpha value is -2.55. The van der Waals surface area contributed by atoms with Crippen LogP contribution in [0, 0.1) is 0 Å². The van der Waals surface area contributed by atoms with Crippen molar-refractivity contribution in [2.45, 2.75) is 31.7 Å². The fourth-order valence-electron chi connectivity index (χ4n) is 3.34. The van der Waals surface area contributed by atoms with Crippen molar-refractivity contribution in [3.8, 4) is 0 Å². The normalized spacial score (nSPS) is 16.8. The third-order valence-corrected chi connectivity index (χ3v) is 4.62. The van der Waals surface area contributed by atoms with Crippen molar-refractivity contribution in [2.75, 3.05) is 5.32 Å². The van der Waals surface area contributed by atoms with Gasteiger partial charge in [-0.25, -0.2) is 0 Å². The summed E-state index contributed by atoms with van der Waals surface area (Å²) in [6.07, 6.45) is 3.13. The van der Waals surface area contributed by atoms with E-state index >= 15 is 0 Å². The molecule has 1 aliphatic rings. The number of anilines is 1. The van der Waals surface area contributed by atoms with Crippen molar-refractivity contribution in [3.05, 3.63) is 83.0 Å². The average Bonchev–Trinajstić information content (AvgIpc) is 3.04. The van der Waals surface area contributed by atoms with Gasteiger partial charge in [0.2, 0.25) is 5.88 Å². The molecule has 0 spiro atoms. The van der Waals surface area contributed by atoms with E-state index in [1.165, 1.54) is 16.7 Å². The van der Waals surface area contributed by atoms with Gasteiger partial charge < -0.3 is 9.84 Å². The highest BCUT2D eigenvalue weighted by Crippen LogP contribution is 2.36. The van der Waals surface area contributed by atoms with Crippen molar-refractivity contribution in [3.63, 3.8) is 0 Å². The smallest absolute Gasteiger partial charge is 0.228 e. The van der Waals surface area contributed by atoms with Crippen molar-refractivity contribution in [2.24, 2.45) is 0 Å². The number of nitrogens with zero attached hydrogens (tertiary/aromatic N) is 1. The molecule has 23 heavy (non-hydrogen) atoms. The molecule has 3 heteroatoms. The Balaban J connectivity index is 1.51. The molecule has 4 rings (SSSR count). The van der Waals surface area contributed by atoms with Crippen LogP contribution in [0.3, 0.4) is 0 Å². The SMILES string of the molecule is c1ccc(CNc2onc3c2CC(c2ccccc2)CC3)cc1. The predicted molar refractivity (Wildman–Crippen MR) is 91.5 cm³/mol. The zero-order chi connectivity index (χ0) is 15.5. The molecule has 0 radical (unpaired) electrons. The topological polar surface area (TPSA) is 38.1 Å². The summed E-state index contributed by atoms with van der Waals surface area (Å²) in [7, 11) is 0. The molecule has 1 atom stereocenters. The van der Waals surface area contributed by atoms with Gasteiger partial charge in [-0.3, -0.25) is 0 Å². The van der Waals surface area contributed by atoms with E-state index in [0.717, 1.165) is 37.4 Å². The van der Waals surface area contributed by atoms with Gasteiger partial charge >= 0.3 is 0 Å². The Labute approximate surface area is 136 Å². The summed E-state index contributed by atoms with van der Waals surface area (Å²) in [5, 5.41) is 7.67. The lowest BCUT2D eigenvalue weighted by atomic mass is 9.83. The Kier molecular flexibility index (Phi) is 3.85. The first-order valence-corrected chi connectivity index (χ1v) is 8.20. The molecule has 1 N–H and O–H groups in total. The highest BCUT2D eigenvalue weighted by Gasteiger charge is 2.26. The van der Waals surface area contributed by atoms with Gasteiger partial charge in [0.15, 0.2) is 0 Å². The summed E-state index contributed by atoms with van der Waals surface area (Å²) in [5.74, 6) is 1.39. The second-order valence-corrected chi connectivity index (χ2v) is 6.13. The van der Waals surface area contributed by atoms with Gasteiger partial charge in [-0.2, -0.15) is 0 Å². The molecule has 1 heterocycles. The number of benzene rings is 2. The van der Waals surface area contributed by atoms with Crippen molar-refractivity contribution in [1.29, 1.82) is 0 Å². The fourth-order valence-corrected chi connectivity index (χ4v) is 3.34. The van der Waals surface area contributed by atoms with Crippen LogP contribution in [0.5, 0.6) is 0 Å². The molecule has 0 fully saturated rings. The van der Waals surface area contributed by atoms with Crippen molar-refractivity contribution in [1.82, 2.24) is 5.16 Å². The summed E-state index contributed by atoms with van der Waals surface area (Å²) in [6.45, 7) is 0.762. The fraction of sp³-hybridized carbons (Fsp3) is 0.250. The standard InChI is InChI=1S/C20H20N2O/c1-3-7-15(8-4-1)14-21-20-18-13-17(11-12-19(18)22-23-20)16-9-5-2-6-10-16/h1-10,17,21H,11-14H2. The lowest BCUT2D eigenvalue weighted by Crippen LogP contribution is -2.13.